The highest BCUT2D eigenvalue weighted by Gasteiger charge is 2.12. The molecule has 1 amide bonds. The Hall–Kier alpha value is -1.88. The predicted octanol–water partition coefficient (Wildman–Crippen LogP) is 1.06. The van der Waals surface area contributed by atoms with E-state index in [4.69, 9.17) is 5.84 Å². The van der Waals surface area contributed by atoms with Gasteiger partial charge in [0, 0.05) is 12.4 Å². The first-order chi connectivity index (χ1) is 7.63. The predicted molar refractivity (Wildman–Crippen MR) is 60.9 cm³/mol. The number of nitrogen functional groups attached to an aromatic ring is 1. The molecule has 2 aromatic rings. The van der Waals surface area contributed by atoms with Crippen LogP contribution >= 0.6 is 0 Å². The van der Waals surface area contributed by atoms with E-state index < -0.39 is 0 Å². The molecule has 0 saturated carbocycles. The smallest absolute Gasteiger partial charge is 0.268 e. The van der Waals surface area contributed by atoms with Crippen LogP contribution in [-0.2, 0) is 0 Å². The average Bonchev–Trinajstić information content (AvgIpc) is 2.71. The van der Waals surface area contributed by atoms with Crippen molar-refractivity contribution in [2.24, 2.45) is 5.84 Å². The van der Waals surface area contributed by atoms with Gasteiger partial charge in [-0.15, -0.1) is 0 Å². The van der Waals surface area contributed by atoms with E-state index in [9.17, 15) is 4.79 Å². The molecule has 0 atom stereocenters. The third kappa shape index (κ3) is 1.65. The van der Waals surface area contributed by atoms with Gasteiger partial charge < -0.3 is 4.40 Å². The molecule has 0 fully saturated rings. The van der Waals surface area contributed by atoms with Crippen molar-refractivity contribution < 1.29 is 4.79 Å². The van der Waals surface area contributed by atoms with Crippen LogP contribution in [0.1, 0.15) is 35.8 Å². The van der Waals surface area contributed by atoms with E-state index in [2.05, 4.69) is 24.3 Å². The van der Waals surface area contributed by atoms with Crippen LogP contribution in [0, 0.1) is 0 Å². The summed E-state index contributed by atoms with van der Waals surface area (Å²) in [4.78, 5) is 15.9. The maximum atomic E-state index is 11.5. The molecule has 2 rings (SSSR count). The van der Waals surface area contributed by atoms with Crippen molar-refractivity contribution >= 4 is 11.6 Å². The molecule has 3 N–H and O–H groups in total. The summed E-state index contributed by atoms with van der Waals surface area (Å²) in [5, 5.41) is 0. The second-order valence-corrected chi connectivity index (χ2v) is 3.95. The summed E-state index contributed by atoms with van der Waals surface area (Å²) in [7, 11) is 0. The van der Waals surface area contributed by atoms with E-state index in [-0.39, 0.29) is 5.91 Å². The molecule has 0 aliphatic rings. The van der Waals surface area contributed by atoms with Crippen molar-refractivity contribution in [1.82, 2.24) is 14.8 Å². The fourth-order valence-corrected chi connectivity index (χ4v) is 1.57. The first kappa shape index (κ1) is 10.6. The van der Waals surface area contributed by atoms with Gasteiger partial charge in [0.2, 0.25) is 0 Å². The molecule has 0 aliphatic carbocycles. The summed E-state index contributed by atoms with van der Waals surface area (Å²) in [6.45, 7) is 4.12. The maximum Gasteiger partial charge on any atom is 0.268 e. The molecule has 5 heteroatoms. The second kappa shape index (κ2) is 3.94. The number of hydrogen-bond acceptors (Lipinski definition) is 3. The van der Waals surface area contributed by atoms with Gasteiger partial charge in [0.15, 0.2) is 0 Å². The van der Waals surface area contributed by atoms with Gasteiger partial charge in [-0.05, 0) is 18.1 Å². The Morgan fingerprint density at radius 2 is 2.31 bits per heavy atom. The monoisotopic (exact) mass is 218 g/mol. The van der Waals surface area contributed by atoms with Crippen molar-refractivity contribution in [3.05, 3.63) is 35.8 Å². The number of hydrogen-bond donors (Lipinski definition) is 2. The number of pyridine rings is 1. The van der Waals surface area contributed by atoms with E-state index in [0.29, 0.717) is 17.1 Å². The fourth-order valence-electron chi connectivity index (χ4n) is 1.57. The summed E-state index contributed by atoms with van der Waals surface area (Å²) in [6.07, 6.45) is 3.79. The van der Waals surface area contributed by atoms with Crippen LogP contribution in [0.4, 0.5) is 0 Å². The highest BCUT2D eigenvalue weighted by Crippen LogP contribution is 2.16. The number of amides is 1. The minimum Gasteiger partial charge on any atom is -0.306 e. The fraction of sp³-hybridized carbons (Fsp3) is 0.273. The van der Waals surface area contributed by atoms with Gasteiger partial charge in [0.25, 0.3) is 5.91 Å². The van der Waals surface area contributed by atoms with E-state index in [0.717, 1.165) is 5.69 Å². The number of aromatic nitrogens is 2. The van der Waals surface area contributed by atoms with Gasteiger partial charge >= 0.3 is 0 Å². The quantitative estimate of drug-likeness (QED) is 0.450. The topological polar surface area (TPSA) is 72.4 Å². The molecule has 2 aromatic heterocycles. The molecule has 0 bridgehead atoms. The first-order valence-corrected chi connectivity index (χ1v) is 5.12. The Labute approximate surface area is 93.3 Å². The van der Waals surface area contributed by atoms with Gasteiger partial charge in [-0.2, -0.15) is 0 Å². The molecular formula is C11H14N4O. The SMILES string of the molecule is CC(C)c1cn2cccc(C(=O)NN)c2n1. The van der Waals surface area contributed by atoms with Crippen LogP contribution in [0.15, 0.2) is 24.5 Å². The van der Waals surface area contributed by atoms with E-state index >= 15 is 0 Å². The van der Waals surface area contributed by atoms with Gasteiger partial charge in [0.05, 0.1) is 11.3 Å². The minimum absolute atomic E-state index is 0.327. The molecule has 0 aromatic carbocycles. The Morgan fingerprint density at radius 3 is 2.94 bits per heavy atom. The first-order valence-electron chi connectivity index (χ1n) is 5.12. The van der Waals surface area contributed by atoms with E-state index in [1.807, 2.05) is 16.8 Å². The Balaban J connectivity index is 2.63. The summed E-state index contributed by atoms with van der Waals surface area (Å²) >= 11 is 0. The van der Waals surface area contributed by atoms with Gasteiger partial charge in [-0.25, -0.2) is 10.8 Å². The molecule has 16 heavy (non-hydrogen) atoms. The van der Waals surface area contributed by atoms with Gasteiger partial charge in [0.1, 0.15) is 5.65 Å². The van der Waals surface area contributed by atoms with Crippen molar-refractivity contribution in [3.63, 3.8) is 0 Å². The lowest BCUT2D eigenvalue weighted by molar-refractivity contribution is 0.0955. The Kier molecular flexibility index (Phi) is 2.62. The van der Waals surface area contributed by atoms with Crippen LogP contribution in [0.3, 0.4) is 0 Å². The number of carbonyl (C=O) groups is 1. The summed E-state index contributed by atoms with van der Waals surface area (Å²) in [6, 6.07) is 3.50. The number of fused-ring (bicyclic) bond motifs is 1. The Bertz CT molecular complexity index is 530. The van der Waals surface area contributed by atoms with Gasteiger partial charge in [-0.1, -0.05) is 13.8 Å². The zero-order chi connectivity index (χ0) is 11.7. The Morgan fingerprint density at radius 1 is 1.56 bits per heavy atom. The summed E-state index contributed by atoms with van der Waals surface area (Å²) < 4.78 is 1.83. The van der Waals surface area contributed by atoms with Crippen LogP contribution in [0.25, 0.3) is 5.65 Å². The van der Waals surface area contributed by atoms with Crippen molar-refractivity contribution in [2.75, 3.05) is 0 Å². The van der Waals surface area contributed by atoms with Crippen LogP contribution in [0.5, 0.6) is 0 Å². The molecule has 0 radical (unpaired) electrons. The zero-order valence-electron chi connectivity index (χ0n) is 9.27. The van der Waals surface area contributed by atoms with Crippen LogP contribution in [-0.4, -0.2) is 15.3 Å². The number of nitrogens with zero attached hydrogens (tertiary/aromatic N) is 2. The standard InChI is InChI=1S/C11H14N4O/c1-7(2)9-6-15-5-3-4-8(10(15)13-9)11(16)14-12/h3-7H,12H2,1-2H3,(H,14,16). The number of hydrazine groups is 1. The highest BCUT2D eigenvalue weighted by molar-refractivity contribution is 5.99. The summed E-state index contributed by atoms with van der Waals surface area (Å²) in [5.41, 5.74) is 4.19. The number of nitrogens with two attached hydrogens (primary N) is 1. The largest absolute Gasteiger partial charge is 0.306 e. The van der Waals surface area contributed by atoms with Crippen LogP contribution in [0.2, 0.25) is 0 Å². The maximum absolute atomic E-state index is 11.5. The molecule has 5 nitrogen and oxygen atoms in total. The van der Waals surface area contributed by atoms with Crippen molar-refractivity contribution in [2.45, 2.75) is 19.8 Å². The number of rotatable bonds is 2. The minimum atomic E-state index is -0.327. The van der Waals surface area contributed by atoms with Gasteiger partial charge in [-0.3, -0.25) is 10.2 Å². The number of nitrogens with one attached hydrogen (secondary N) is 1. The summed E-state index contributed by atoms with van der Waals surface area (Å²) in [5.74, 6) is 5.13. The van der Waals surface area contributed by atoms with E-state index in [1.54, 1.807) is 12.1 Å². The molecule has 0 spiro atoms. The zero-order valence-corrected chi connectivity index (χ0v) is 9.27. The third-order valence-corrected chi connectivity index (χ3v) is 2.47. The second-order valence-electron chi connectivity index (χ2n) is 3.95. The lowest BCUT2D eigenvalue weighted by Gasteiger charge is -2.00. The highest BCUT2D eigenvalue weighted by atomic mass is 16.2. The lowest BCUT2D eigenvalue weighted by atomic mass is 10.2. The van der Waals surface area contributed by atoms with E-state index in [1.165, 1.54) is 0 Å². The van der Waals surface area contributed by atoms with Crippen LogP contribution < -0.4 is 11.3 Å². The third-order valence-electron chi connectivity index (χ3n) is 2.47. The normalized spacial score (nSPS) is 11.0. The molecule has 0 aliphatic heterocycles. The van der Waals surface area contributed by atoms with Crippen molar-refractivity contribution in [1.29, 1.82) is 0 Å². The number of imidazole rings is 1. The number of carbonyl (C=O) groups excluding carboxylic acids is 1. The lowest BCUT2D eigenvalue weighted by Crippen LogP contribution is -2.30. The molecule has 0 unspecified atom stereocenters. The average molecular weight is 218 g/mol. The molecular weight excluding hydrogens is 204 g/mol. The molecule has 0 saturated heterocycles. The van der Waals surface area contributed by atoms with Crippen molar-refractivity contribution in [3.8, 4) is 0 Å². The molecule has 2 heterocycles. The molecule has 84 valence electrons.